The molecule has 1 aromatic carbocycles. The third-order valence-electron chi connectivity index (χ3n) is 4.79. The Morgan fingerprint density at radius 1 is 1.16 bits per heavy atom. The summed E-state index contributed by atoms with van der Waals surface area (Å²) in [5, 5.41) is 0.610. The first-order valence-electron chi connectivity index (χ1n) is 8.49. The number of carbonyl (C=O) groups excluding carboxylic acids is 2. The lowest BCUT2D eigenvalue weighted by Gasteiger charge is -2.36. The summed E-state index contributed by atoms with van der Waals surface area (Å²) in [6.07, 6.45) is 1.17. The number of halogens is 2. The van der Waals surface area contributed by atoms with Crippen LogP contribution < -0.4 is 5.73 Å². The second-order valence-electron chi connectivity index (χ2n) is 6.39. The predicted octanol–water partition coefficient (Wildman–Crippen LogP) is 2.35. The molecule has 1 saturated heterocycles. The molecule has 25 heavy (non-hydrogen) atoms. The molecule has 2 N–H and O–H groups in total. The molecule has 0 radical (unpaired) electrons. The van der Waals surface area contributed by atoms with Crippen LogP contribution in [0.1, 0.15) is 25.8 Å². The molecule has 140 valence electrons. The van der Waals surface area contributed by atoms with Gasteiger partial charge >= 0.3 is 0 Å². The lowest BCUT2D eigenvalue weighted by molar-refractivity contribution is -0.140. The van der Waals surface area contributed by atoms with Crippen LogP contribution in [-0.2, 0) is 16.0 Å². The lowest BCUT2D eigenvalue weighted by Crippen LogP contribution is -2.55. The second-order valence-corrected chi connectivity index (χ2v) is 6.79. The zero-order valence-electron chi connectivity index (χ0n) is 14.8. The largest absolute Gasteiger partial charge is 0.339 e. The van der Waals surface area contributed by atoms with E-state index >= 15 is 0 Å². The second kappa shape index (κ2) is 10.00. The van der Waals surface area contributed by atoms with Crippen LogP contribution in [0.15, 0.2) is 24.3 Å². The molecule has 2 amide bonds. The summed E-state index contributed by atoms with van der Waals surface area (Å²) in [6, 6.07) is 6.92. The molecule has 1 aliphatic rings. The molecule has 2 rings (SSSR count). The Bertz CT molecular complexity index is 589. The van der Waals surface area contributed by atoms with Crippen molar-refractivity contribution in [2.24, 2.45) is 11.7 Å². The molecular weight excluding hydrogens is 361 g/mol. The van der Waals surface area contributed by atoms with E-state index in [1.807, 2.05) is 32.0 Å². The molecule has 1 aliphatic heterocycles. The van der Waals surface area contributed by atoms with Crippen LogP contribution in [-0.4, -0.2) is 53.8 Å². The van der Waals surface area contributed by atoms with Crippen LogP contribution in [0.25, 0.3) is 0 Å². The van der Waals surface area contributed by atoms with Crippen LogP contribution in [0.5, 0.6) is 0 Å². The average Bonchev–Trinajstić information content (AvgIpc) is 2.61. The minimum absolute atomic E-state index is 0. The maximum absolute atomic E-state index is 12.4. The predicted molar refractivity (Wildman–Crippen MR) is 103 cm³/mol. The zero-order chi connectivity index (χ0) is 17.7. The molecule has 0 spiro atoms. The Kier molecular flexibility index (Phi) is 8.69. The molecule has 0 aliphatic carbocycles. The minimum Gasteiger partial charge on any atom is -0.339 e. The molecule has 0 saturated carbocycles. The van der Waals surface area contributed by atoms with E-state index in [4.69, 9.17) is 17.3 Å². The smallest absolute Gasteiger partial charge is 0.239 e. The quantitative estimate of drug-likeness (QED) is 0.842. The van der Waals surface area contributed by atoms with Gasteiger partial charge in [-0.05, 0) is 17.5 Å². The molecule has 1 fully saturated rings. The van der Waals surface area contributed by atoms with Gasteiger partial charge in [-0.1, -0.05) is 50.1 Å². The number of carbonyl (C=O) groups is 2. The third kappa shape index (κ3) is 5.59. The number of benzene rings is 1. The molecule has 1 heterocycles. The lowest BCUT2D eigenvalue weighted by atomic mass is 9.98. The van der Waals surface area contributed by atoms with Gasteiger partial charge in [-0.3, -0.25) is 9.59 Å². The standard InChI is InChI=1S/C18H26ClN3O2.ClH/c1-3-13(2)17(20)18(24)22-10-8-21(9-11-22)16(23)12-14-6-4-5-7-15(14)19;/h4-7,13,17H,3,8-12,20H2,1-2H3;1H. The topological polar surface area (TPSA) is 66.6 Å². The summed E-state index contributed by atoms with van der Waals surface area (Å²) in [4.78, 5) is 28.4. The number of hydrogen-bond donors (Lipinski definition) is 1. The number of nitrogens with two attached hydrogens (primary N) is 1. The van der Waals surface area contributed by atoms with Crippen LogP contribution in [0, 0.1) is 5.92 Å². The fraction of sp³-hybridized carbons (Fsp3) is 0.556. The molecule has 0 aromatic heterocycles. The first-order valence-corrected chi connectivity index (χ1v) is 8.87. The third-order valence-corrected chi connectivity index (χ3v) is 5.15. The van der Waals surface area contributed by atoms with Crippen molar-refractivity contribution < 1.29 is 9.59 Å². The van der Waals surface area contributed by atoms with E-state index < -0.39 is 6.04 Å². The van der Waals surface area contributed by atoms with Crippen molar-refractivity contribution in [1.29, 1.82) is 0 Å². The van der Waals surface area contributed by atoms with Gasteiger partial charge in [0.1, 0.15) is 0 Å². The van der Waals surface area contributed by atoms with E-state index in [9.17, 15) is 9.59 Å². The minimum atomic E-state index is -0.458. The van der Waals surface area contributed by atoms with Crippen LogP contribution >= 0.6 is 24.0 Å². The molecule has 7 heteroatoms. The molecule has 1 aromatic rings. The van der Waals surface area contributed by atoms with E-state index in [0.717, 1.165) is 12.0 Å². The van der Waals surface area contributed by atoms with Crippen molar-refractivity contribution in [2.45, 2.75) is 32.7 Å². The summed E-state index contributed by atoms with van der Waals surface area (Å²) in [6.45, 7) is 6.19. The van der Waals surface area contributed by atoms with Gasteiger partial charge < -0.3 is 15.5 Å². The number of rotatable bonds is 5. The Labute approximate surface area is 160 Å². The van der Waals surface area contributed by atoms with E-state index in [2.05, 4.69) is 0 Å². The zero-order valence-corrected chi connectivity index (χ0v) is 16.4. The first-order chi connectivity index (χ1) is 11.4. The van der Waals surface area contributed by atoms with Gasteiger partial charge in [0.15, 0.2) is 0 Å². The normalized spacial score (nSPS) is 16.8. The number of amides is 2. The summed E-state index contributed by atoms with van der Waals surface area (Å²) < 4.78 is 0. The van der Waals surface area contributed by atoms with Crippen molar-refractivity contribution in [3.63, 3.8) is 0 Å². The number of hydrogen-bond acceptors (Lipinski definition) is 3. The Morgan fingerprint density at radius 2 is 1.72 bits per heavy atom. The van der Waals surface area contributed by atoms with Crippen molar-refractivity contribution in [2.75, 3.05) is 26.2 Å². The maximum atomic E-state index is 12.4. The number of piperazine rings is 1. The fourth-order valence-corrected chi connectivity index (χ4v) is 3.00. The highest BCUT2D eigenvalue weighted by Crippen LogP contribution is 2.17. The van der Waals surface area contributed by atoms with E-state index in [1.54, 1.807) is 15.9 Å². The molecule has 5 nitrogen and oxygen atoms in total. The van der Waals surface area contributed by atoms with Gasteiger partial charge in [0.05, 0.1) is 12.5 Å². The van der Waals surface area contributed by atoms with Crippen molar-refractivity contribution in [1.82, 2.24) is 9.80 Å². The van der Waals surface area contributed by atoms with Gasteiger partial charge in [0.2, 0.25) is 11.8 Å². The summed E-state index contributed by atoms with van der Waals surface area (Å²) >= 11 is 6.11. The van der Waals surface area contributed by atoms with Crippen LogP contribution in [0.3, 0.4) is 0 Å². The van der Waals surface area contributed by atoms with Gasteiger partial charge in [-0.25, -0.2) is 0 Å². The van der Waals surface area contributed by atoms with E-state index in [1.165, 1.54) is 0 Å². The highest BCUT2D eigenvalue weighted by atomic mass is 35.5. The monoisotopic (exact) mass is 387 g/mol. The highest BCUT2D eigenvalue weighted by molar-refractivity contribution is 6.31. The Balaban J connectivity index is 0.00000312. The van der Waals surface area contributed by atoms with Crippen molar-refractivity contribution >= 4 is 35.8 Å². The SMILES string of the molecule is CCC(C)C(N)C(=O)N1CCN(C(=O)Cc2ccccc2Cl)CC1.Cl. The molecule has 0 bridgehead atoms. The van der Waals surface area contributed by atoms with Crippen LogP contribution in [0.2, 0.25) is 5.02 Å². The van der Waals surface area contributed by atoms with Crippen LogP contribution in [0.4, 0.5) is 0 Å². The Morgan fingerprint density at radius 3 is 2.28 bits per heavy atom. The highest BCUT2D eigenvalue weighted by Gasteiger charge is 2.29. The van der Waals surface area contributed by atoms with E-state index in [-0.39, 0.29) is 30.1 Å². The Hall–Kier alpha value is -1.30. The van der Waals surface area contributed by atoms with Gasteiger partial charge in [0.25, 0.3) is 0 Å². The fourth-order valence-electron chi connectivity index (χ4n) is 2.80. The first kappa shape index (κ1) is 21.7. The van der Waals surface area contributed by atoms with Gasteiger partial charge in [-0.15, -0.1) is 12.4 Å². The van der Waals surface area contributed by atoms with Crippen molar-refractivity contribution in [3.05, 3.63) is 34.9 Å². The van der Waals surface area contributed by atoms with Crippen molar-refractivity contribution in [3.8, 4) is 0 Å². The average molecular weight is 388 g/mol. The molecular formula is C18H27Cl2N3O2. The number of nitrogens with zero attached hydrogens (tertiary/aromatic N) is 2. The summed E-state index contributed by atoms with van der Waals surface area (Å²) in [7, 11) is 0. The summed E-state index contributed by atoms with van der Waals surface area (Å²) in [5.74, 6) is 0.196. The van der Waals surface area contributed by atoms with Gasteiger partial charge in [-0.2, -0.15) is 0 Å². The molecule has 2 atom stereocenters. The maximum Gasteiger partial charge on any atom is 0.239 e. The van der Waals surface area contributed by atoms with E-state index in [0.29, 0.717) is 37.6 Å². The van der Waals surface area contributed by atoms with Gasteiger partial charge in [0, 0.05) is 31.2 Å². The molecule has 2 unspecified atom stereocenters. The summed E-state index contributed by atoms with van der Waals surface area (Å²) in [5.41, 5.74) is 6.86.